The molecule has 0 heterocycles. The normalized spacial score (nSPS) is 12.3. The van der Waals surface area contributed by atoms with Gasteiger partial charge >= 0.3 is 15.9 Å². The summed E-state index contributed by atoms with van der Waals surface area (Å²) in [6, 6.07) is 30.8. The maximum Gasteiger partial charge on any atom is 0.361 e. The summed E-state index contributed by atoms with van der Waals surface area (Å²) in [4.78, 5) is 0. The van der Waals surface area contributed by atoms with Crippen LogP contribution in [0.2, 0.25) is 0 Å². The van der Waals surface area contributed by atoms with E-state index in [1.165, 1.54) is 44.2 Å². The third-order valence-electron chi connectivity index (χ3n) is 5.16. The molecule has 0 fully saturated rings. The summed E-state index contributed by atoms with van der Waals surface area (Å²) in [5, 5.41) is 2.64. The second kappa shape index (κ2) is 7.97. The number of rotatable bonds is 2. The molecule has 1 aliphatic carbocycles. The molecule has 5 rings (SSSR count). The molecular weight excluding hydrogens is 406 g/mol. The summed E-state index contributed by atoms with van der Waals surface area (Å²) >= 11 is 0. The van der Waals surface area contributed by atoms with E-state index in [0.717, 1.165) is 6.42 Å². The third-order valence-corrected chi connectivity index (χ3v) is 5.61. The summed E-state index contributed by atoms with van der Waals surface area (Å²) in [6.07, 6.45) is 1.03. The van der Waals surface area contributed by atoms with Crippen LogP contribution in [0.3, 0.4) is 0 Å². The molecule has 0 saturated heterocycles. The van der Waals surface area contributed by atoms with E-state index in [9.17, 15) is 8.78 Å². The van der Waals surface area contributed by atoms with Crippen molar-refractivity contribution in [2.75, 3.05) is 0 Å². The zero-order valence-electron chi connectivity index (χ0n) is 15.8. The van der Waals surface area contributed by atoms with Gasteiger partial charge in [0, 0.05) is 0 Å². The summed E-state index contributed by atoms with van der Waals surface area (Å²) in [6.45, 7) is 0. The number of hydrogen-bond donors (Lipinski definition) is 1. The first-order valence-electron chi connectivity index (χ1n) is 9.29. The van der Waals surface area contributed by atoms with Crippen LogP contribution in [0, 0.1) is 0 Å². The molecule has 4 aromatic carbocycles. The van der Waals surface area contributed by atoms with Gasteiger partial charge in [-0.1, -0.05) is 84.9 Å². The minimum Gasteiger partial charge on any atom is -0.281 e. The van der Waals surface area contributed by atoms with Gasteiger partial charge in [0.2, 0.25) is 0 Å². The topological polar surface area (TPSA) is 54.4 Å². The first-order chi connectivity index (χ1) is 14.4. The first-order valence-corrected chi connectivity index (χ1v) is 10.8. The lowest BCUT2D eigenvalue weighted by molar-refractivity contribution is 0.217. The Morgan fingerprint density at radius 2 is 1.20 bits per heavy atom. The Morgan fingerprint density at radius 3 is 1.93 bits per heavy atom. The lowest BCUT2D eigenvalue weighted by Crippen LogP contribution is -2.07. The van der Waals surface area contributed by atoms with E-state index < -0.39 is 15.9 Å². The van der Waals surface area contributed by atoms with E-state index in [0.29, 0.717) is 0 Å². The fraction of sp³-hybridized carbons (Fsp3) is 0.0833. The van der Waals surface area contributed by atoms with Gasteiger partial charge in [-0.2, -0.15) is 17.2 Å². The predicted molar refractivity (Wildman–Crippen MR) is 115 cm³/mol. The second-order valence-electron chi connectivity index (χ2n) is 6.97. The van der Waals surface area contributed by atoms with E-state index in [1.807, 2.05) is 0 Å². The molecule has 0 aliphatic heterocycles. The zero-order chi connectivity index (χ0) is 21.3. The highest BCUT2D eigenvalue weighted by molar-refractivity contribution is 7.86. The van der Waals surface area contributed by atoms with Crippen molar-refractivity contribution < 1.29 is 21.8 Å². The van der Waals surface area contributed by atoms with E-state index in [4.69, 9.17) is 13.0 Å². The molecule has 0 saturated carbocycles. The highest BCUT2D eigenvalue weighted by atomic mass is 32.2. The van der Waals surface area contributed by atoms with Gasteiger partial charge in [-0.3, -0.25) is 4.55 Å². The number of halogens is 2. The number of benzene rings is 4. The Labute approximate surface area is 173 Å². The molecule has 4 aromatic rings. The summed E-state index contributed by atoms with van der Waals surface area (Å²) in [7, 11) is -5.07. The average Bonchev–Trinajstić information content (AvgIpc) is 3.12. The lowest BCUT2D eigenvalue weighted by Gasteiger charge is -2.12. The van der Waals surface area contributed by atoms with Crippen molar-refractivity contribution in [2.45, 2.75) is 12.2 Å². The van der Waals surface area contributed by atoms with Crippen molar-refractivity contribution in [3.05, 3.63) is 96.1 Å². The van der Waals surface area contributed by atoms with Crippen molar-refractivity contribution in [2.24, 2.45) is 0 Å². The van der Waals surface area contributed by atoms with Gasteiger partial charge < -0.3 is 0 Å². The largest absolute Gasteiger partial charge is 0.361 e. The molecule has 0 unspecified atom stereocenters. The van der Waals surface area contributed by atoms with Crippen LogP contribution in [0.1, 0.15) is 11.1 Å². The fourth-order valence-electron chi connectivity index (χ4n) is 3.87. The maximum absolute atomic E-state index is 10.7. The fourth-order valence-corrected chi connectivity index (χ4v) is 3.87. The maximum atomic E-state index is 10.7. The number of hydrogen-bond acceptors (Lipinski definition) is 2. The van der Waals surface area contributed by atoms with Crippen molar-refractivity contribution in [1.29, 1.82) is 0 Å². The Hall–Kier alpha value is -3.09. The summed E-state index contributed by atoms with van der Waals surface area (Å²) < 4.78 is 47.0. The van der Waals surface area contributed by atoms with E-state index >= 15 is 0 Å². The van der Waals surface area contributed by atoms with Gasteiger partial charge in [0.05, 0.1) is 0 Å². The van der Waals surface area contributed by atoms with Gasteiger partial charge in [-0.25, -0.2) is 0 Å². The predicted octanol–water partition coefficient (Wildman–Crippen LogP) is 6.17. The van der Waals surface area contributed by atoms with E-state index in [2.05, 4.69) is 84.9 Å². The zero-order valence-corrected chi connectivity index (χ0v) is 16.6. The third kappa shape index (κ3) is 3.84. The van der Waals surface area contributed by atoms with Gasteiger partial charge in [0.25, 0.3) is 0 Å². The molecule has 3 nitrogen and oxygen atoms in total. The molecule has 0 spiro atoms. The number of fused-ring (bicyclic) bond motifs is 4. The molecule has 30 heavy (non-hydrogen) atoms. The van der Waals surface area contributed by atoms with Crippen molar-refractivity contribution in [3.63, 3.8) is 0 Å². The lowest BCUT2D eigenvalue weighted by atomic mass is 9.92. The molecule has 0 atom stereocenters. The molecule has 0 aromatic heterocycles. The molecule has 0 radical (unpaired) electrons. The molecular formula is C24H18F2O3S. The van der Waals surface area contributed by atoms with E-state index in [-0.39, 0.29) is 0 Å². The van der Waals surface area contributed by atoms with Crippen LogP contribution in [0.4, 0.5) is 8.78 Å². The van der Waals surface area contributed by atoms with Crippen LogP contribution in [-0.2, 0) is 16.5 Å². The van der Waals surface area contributed by atoms with Gasteiger partial charge in [-0.15, -0.1) is 0 Å². The highest BCUT2D eigenvalue weighted by Gasteiger charge is 2.21. The van der Waals surface area contributed by atoms with Crippen LogP contribution >= 0.6 is 0 Å². The van der Waals surface area contributed by atoms with Gasteiger partial charge in [0.1, 0.15) is 0 Å². The van der Waals surface area contributed by atoms with Crippen LogP contribution in [0.15, 0.2) is 84.9 Å². The Morgan fingerprint density at radius 1 is 0.700 bits per heavy atom. The molecule has 1 aliphatic rings. The minimum atomic E-state index is -5.07. The van der Waals surface area contributed by atoms with Gasteiger partial charge in [0.15, 0.2) is 0 Å². The molecule has 0 bridgehead atoms. The van der Waals surface area contributed by atoms with Crippen LogP contribution in [-0.4, -0.2) is 18.7 Å². The quantitative estimate of drug-likeness (QED) is 0.345. The Kier molecular flexibility index (Phi) is 5.37. The molecule has 152 valence electrons. The minimum absolute atomic E-state index is 1.03. The van der Waals surface area contributed by atoms with Crippen molar-refractivity contribution >= 4 is 20.9 Å². The monoisotopic (exact) mass is 424 g/mol. The van der Waals surface area contributed by atoms with Gasteiger partial charge in [-0.05, 0) is 50.6 Å². The summed E-state index contributed by atoms with van der Waals surface area (Å²) in [5.74, 6) is -3.67. The highest BCUT2D eigenvalue weighted by Crippen LogP contribution is 2.42. The van der Waals surface area contributed by atoms with Crippen LogP contribution < -0.4 is 0 Å². The van der Waals surface area contributed by atoms with Crippen LogP contribution in [0.5, 0.6) is 0 Å². The summed E-state index contributed by atoms with van der Waals surface area (Å²) in [5.41, 5.74) is 8.40. The SMILES string of the molecule is O=S(=O)(O)C(F)F.c1ccc2c(c1)Cc1c-2cccc1-c1cccc2ccccc12. The smallest absolute Gasteiger partial charge is 0.281 e. The first kappa shape index (κ1) is 20.2. The van der Waals surface area contributed by atoms with Crippen LogP contribution in [0.25, 0.3) is 33.0 Å². The molecule has 6 heteroatoms. The molecule has 0 amide bonds. The average molecular weight is 424 g/mol. The number of alkyl halides is 2. The Bertz CT molecular complexity index is 1330. The Balaban J connectivity index is 0.000000272. The van der Waals surface area contributed by atoms with E-state index in [1.54, 1.807) is 0 Å². The second-order valence-corrected chi connectivity index (χ2v) is 8.35. The van der Waals surface area contributed by atoms with Crippen molar-refractivity contribution in [3.8, 4) is 22.3 Å². The standard InChI is InChI=1S/C23H16.CH2F2O3S/c1-3-10-18-16(7-1)9-5-12-20(18)22-14-6-13-21-19-11-4-2-8-17(19)15-23(21)22;2-1(3)7(4,5)6/h1-14H,15H2;1H,(H,4,5,6). The van der Waals surface area contributed by atoms with Crippen molar-refractivity contribution in [1.82, 2.24) is 0 Å². The molecule has 1 N–H and O–H groups in total.